The molecule has 0 saturated carbocycles. The molecule has 0 fully saturated rings. The van der Waals surface area contributed by atoms with Crippen molar-refractivity contribution in [3.05, 3.63) is 35.4 Å². The summed E-state index contributed by atoms with van der Waals surface area (Å²) >= 11 is 0. The highest BCUT2D eigenvalue weighted by Gasteiger charge is 2.16. The first-order chi connectivity index (χ1) is 10.6. The van der Waals surface area contributed by atoms with Crippen molar-refractivity contribution in [2.24, 2.45) is 0 Å². The highest BCUT2D eigenvalue weighted by molar-refractivity contribution is 5.97. The van der Waals surface area contributed by atoms with Crippen molar-refractivity contribution < 1.29 is 19.8 Å². The molecule has 0 bridgehead atoms. The molecular weight excluding hydrogens is 284 g/mol. The van der Waals surface area contributed by atoms with Crippen LogP contribution in [0.3, 0.4) is 0 Å². The number of aliphatic hydroxyl groups is 2. The second-order valence-corrected chi connectivity index (χ2v) is 4.79. The highest BCUT2D eigenvalue weighted by atomic mass is 16.3. The zero-order chi connectivity index (χ0) is 16.5. The van der Waals surface area contributed by atoms with E-state index >= 15 is 0 Å². The number of rotatable bonds is 8. The number of carbonyl (C=O) groups excluding carboxylic acids is 2. The van der Waals surface area contributed by atoms with Gasteiger partial charge >= 0.3 is 0 Å². The third kappa shape index (κ3) is 4.54. The number of likely N-dealkylation sites (N-methyl/N-ethyl adjacent to an activating group) is 2. The van der Waals surface area contributed by atoms with Gasteiger partial charge in [-0.05, 0) is 38.1 Å². The Labute approximate surface area is 131 Å². The van der Waals surface area contributed by atoms with Crippen LogP contribution in [0.5, 0.6) is 0 Å². The zero-order valence-electron chi connectivity index (χ0n) is 13.2. The van der Waals surface area contributed by atoms with Crippen LogP contribution in [0.4, 0.5) is 0 Å². The van der Waals surface area contributed by atoms with Crippen LogP contribution in [0.2, 0.25) is 0 Å². The van der Waals surface area contributed by atoms with Gasteiger partial charge in [0.1, 0.15) is 0 Å². The SMILES string of the molecule is CCN(CCO)C(=O)c1ccc(C(=O)N(CC)CCO)cc1. The quantitative estimate of drug-likeness (QED) is 0.737. The molecular formula is C16H24N2O4. The maximum atomic E-state index is 12.2. The Hall–Kier alpha value is -1.92. The molecule has 0 heterocycles. The first-order valence-electron chi connectivity index (χ1n) is 7.49. The summed E-state index contributed by atoms with van der Waals surface area (Å²) in [7, 11) is 0. The lowest BCUT2D eigenvalue weighted by atomic mass is 10.1. The maximum absolute atomic E-state index is 12.2. The van der Waals surface area contributed by atoms with Crippen LogP contribution in [-0.4, -0.2) is 71.2 Å². The van der Waals surface area contributed by atoms with E-state index in [2.05, 4.69) is 0 Å². The van der Waals surface area contributed by atoms with Crippen LogP contribution in [0.1, 0.15) is 34.6 Å². The van der Waals surface area contributed by atoms with Gasteiger partial charge in [-0.3, -0.25) is 9.59 Å². The fourth-order valence-corrected chi connectivity index (χ4v) is 2.17. The summed E-state index contributed by atoms with van der Waals surface area (Å²) in [6, 6.07) is 6.45. The van der Waals surface area contributed by atoms with E-state index < -0.39 is 0 Å². The molecule has 0 spiro atoms. The van der Waals surface area contributed by atoms with Crippen LogP contribution in [-0.2, 0) is 0 Å². The fourth-order valence-electron chi connectivity index (χ4n) is 2.17. The molecule has 0 radical (unpaired) electrons. The third-order valence-electron chi connectivity index (χ3n) is 3.46. The molecule has 6 heteroatoms. The van der Waals surface area contributed by atoms with Crippen LogP contribution < -0.4 is 0 Å². The monoisotopic (exact) mass is 308 g/mol. The van der Waals surface area contributed by atoms with E-state index in [0.717, 1.165) is 0 Å². The van der Waals surface area contributed by atoms with E-state index in [4.69, 9.17) is 10.2 Å². The average Bonchev–Trinajstić information content (AvgIpc) is 2.56. The van der Waals surface area contributed by atoms with Gasteiger partial charge in [0, 0.05) is 37.3 Å². The van der Waals surface area contributed by atoms with Gasteiger partial charge in [0.15, 0.2) is 0 Å². The topological polar surface area (TPSA) is 81.1 Å². The number of carbonyl (C=O) groups is 2. The largest absolute Gasteiger partial charge is 0.395 e. The van der Waals surface area contributed by atoms with Gasteiger partial charge in [0.2, 0.25) is 0 Å². The van der Waals surface area contributed by atoms with Crippen molar-refractivity contribution in [2.75, 3.05) is 39.4 Å². The van der Waals surface area contributed by atoms with Crippen molar-refractivity contribution >= 4 is 11.8 Å². The number of benzene rings is 1. The number of hydrogen-bond acceptors (Lipinski definition) is 4. The Balaban J connectivity index is 2.85. The normalized spacial score (nSPS) is 10.4. The molecule has 1 aromatic carbocycles. The van der Waals surface area contributed by atoms with E-state index in [1.807, 2.05) is 13.8 Å². The van der Waals surface area contributed by atoms with Crippen molar-refractivity contribution in [2.45, 2.75) is 13.8 Å². The number of amides is 2. The fraction of sp³-hybridized carbons (Fsp3) is 0.500. The molecule has 0 aliphatic heterocycles. The molecule has 2 N–H and O–H groups in total. The predicted molar refractivity (Wildman–Crippen MR) is 83.8 cm³/mol. The Kier molecular flexibility index (Phi) is 7.56. The summed E-state index contributed by atoms with van der Waals surface area (Å²) in [4.78, 5) is 27.5. The Morgan fingerprint density at radius 3 is 1.36 bits per heavy atom. The number of hydrogen-bond donors (Lipinski definition) is 2. The van der Waals surface area contributed by atoms with Gasteiger partial charge in [-0.2, -0.15) is 0 Å². The van der Waals surface area contributed by atoms with Crippen LogP contribution in [0.25, 0.3) is 0 Å². The van der Waals surface area contributed by atoms with Crippen LogP contribution in [0.15, 0.2) is 24.3 Å². The van der Waals surface area contributed by atoms with E-state index in [0.29, 0.717) is 24.2 Å². The van der Waals surface area contributed by atoms with Crippen molar-refractivity contribution in [1.82, 2.24) is 9.80 Å². The van der Waals surface area contributed by atoms with Crippen LogP contribution in [0, 0.1) is 0 Å². The number of nitrogens with zero attached hydrogens (tertiary/aromatic N) is 2. The van der Waals surface area contributed by atoms with Crippen molar-refractivity contribution in [3.8, 4) is 0 Å². The molecule has 0 saturated heterocycles. The zero-order valence-corrected chi connectivity index (χ0v) is 13.2. The van der Waals surface area contributed by atoms with Gasteiger partial charge in [0.25, 0.3) is 11.8 Å². The molecule has 0 unspecified atom stereocenters. The summed E-state index contributed by atoms with van der Waals surface area (Å²) in [5.41, 5.74) is 0.967. The summed E-state index contributed by atoms with van der Waals surface area (Å²) in [5.74, 6) is -0.337. The van der Waals surface area contributed by atoms with Gasteiger partial charge in [-0.15, -0.1) is 0 Å². The van der Waals surface area contributed by atoms with Crippen LogP contribution >= 0.6 is 0 Å². The standard InChI is InChI=1S/C16H24N2O4/c1-3-17(9-11-19)15(21)13-5-7-14(8-6-13)16(22)18(4-2)10-12-20/h5-8,19-20H,3-4,9-12H2,1-2H3. The minimum Gasteiger partial charge on any atom is -0.395 e. The van der Waals surface area contributed by atoms with Gasteiger partial charge in [-0.25, -0.2) is 0 Å². The second-order valence-electron chi connectivity index (χ2n) is 4.79. The van der Waals surface area contributed by atoms with Gasteiger partial charge < -0.3 is 20.0 Å². The lowest BCUT2D eigenvalue weighted by molar-refractivity contribution is 0.0721. The molecule has 22 heavy (non-hydrogen) atoms. The molecule has 2 amide bonds. The Morgan fingerprint density at radius 1 is 0.818 bits per heavy atom. The minimum atomic E-state index is -0.168. The van der Waals surface area contributed by atoms with E-state index in [1.54, 1.807) is 34.1 Å². The molecule has 1 aromatic rings. The molecule has 122 valence electrons. The molecule has 0 aliphatic rings. The summed E-state index contributed by atoms with van der Waals surface area (Å²) in [6.07, 6.45) is 0. The number of aliphatic hydroxyl groups excluding tert-OH is 2. The minimum absolute atomic E-state index is 0.0806. The lowest BCUT2D eigenvalue weighted by Gasteiger charge is -2.21. The van der Waals surface area contributed by atoms with Gasteiger partial charge in [-0.1, -0.05) is 0 Å². The predicted octanol–water partition coefficient (Wildman–Crippen LogP) is 0.595. The molecule has 1 rings (SSSR count). The first kappa shape index (κ1) is 18.1. The van der Waals surface area contributed by atoms with Gasteiger partial charge in [0.05, 0.1) is 13.2 Å². The summed E-state index contributed by atoms with van der Waals surface area (Å²) < 4.78 is 0. The molecule has 0 aromatic heterocycles. The summed E-state index contributed by atoms with van der Waals surface area (Å²) in [6.45, 7) is 5.14. The van der Waals surface area contributed by atoms with E-state index in [-0.39, 0.29) is 38.1 Å². The van der Waals surface area contributed by atoms with E-state index in [9.17, 15) is 9.59 Å². The second kappa shape index (κ2) is 9.17. The smallest absolute Gasteiger partial charge is 0.253 e. The highest BCUT2D eigenvalue weighted by Crippen LogP contribution is 2.10. The van der Waals surface area contributed by atoms with E-state index in [1.165, 1.54) is 0 Å². The first-order valence-corrected chi connectivity index (χ1v) is 7.49. The third-order valence-corrected chi connectivity index (χ3v) is 3.46. The molecule has 0 aliphatic carbocycles. The molecule has 0 atom stereocenters. The van der Waals surface area contributed by atoms with Crippen molar-refractivity contribution in [1.29, 1.82) is 0 Å². The Morgan fingerprint density at radius 2 is 1.14 bits per heavy atom. The average molecular weight is 308 g/mol. The van der Waals surface area contributed by atoms with Crippen molar-refractivity contribution in [3.63, 3.8) is 0 Å². The maximum Gasteiger partial charge on any atom is 0.253 e. The Bertz CT molecular complexity index is 442. The molecule has 6 nitrogen and oxygen atoms in total. The lowest BCUT2D eigenvalue weighted by Crippen LogP contribution is -2.34. The summed E-state index contributed by atoms with van der Waals surface area (Å²) in [5, 5.41) is 17.9.